The number of nitrogens with one attached hydrogen (secondary N) is 1. The fraction of sp³-hybridized carbons (Fsp3) is 0.696. The fourth-order valence-electron chi connectivity index (χ4n) is 4.84. The lowest BCUT2D eigenvalue weighted by Crippen LogP contribution is -2.61. The third-order valence-corrected chi connectivity index (χ3v) is 7.18. The lowest BCUT2D eigenvalue weighted by Gasteiger charge is -2.45. The van der Waals surface area contributed by atoms with Gasteiger partial charge in [0.05, 0.1) is 13.4 Å². The number of hydrogen-bond acceptors (Lipinski definition) is 4. The molecule has 1 unspecified atom stereocenters. The van der Waals surface area contributed by atoms with Crippen LogP contribution in [-0.4, -0.2) is 50.1 Å². The molecule has 1 saturated heterocycles. The monoisotopic (exact) mass is 451 g/mol. The quantitative estimate of drug-likeness (QED) is 0.372. The summed E-state index contributed by atoms with van der Waals surface area (Å²) in [5.74, 6) is -0.434. The summed E-state index contributed by atoms with van der Waals surface area (Å²) in [6.07, 6.45) is 1.69. The average Bonchev–Trinajstić information content (AvgIpc) is 2.72. The van der Waals surface area contributed by atoms with Crippen molar-refractivity contribution in [3.8, 4) is 0 Å². The van der Waals surface area contributed by atoms with Crippen LogP contribution >= 0.6 is 0 Å². The Morgan fingerprint density at radius 1 is 1.16 bits per heavy atom. The zero-order valence-corrected chi connectivity index (χ0v) is 18.4. The number of hydrogen-bond donors (Lipinski definition) is 3. The minimum absolute atomic E-state index is 0.0169. The van der Waals surface area contributed by atoms with Crippen molar-refractivity contribution in [3.63, 3.8) is 0 Å². The van der Waals surface area contributed by atoms with E-state index < -0.39 is 23.2 Å². The molecule has 0 spiro atoms. The van der Waals surface area contributed by atoms with Crippen molar-refractivity contribution < 1.29 is 23.1 Å². The maximum atomic E-state index is 12.7. The number of carbonyl (C=O) groups is 1. The number of benzene rings is 1. The van der Waals surface area contributed by atoms with E-state index in [1.807, 2.05) is 0 Å². The van der Waals surface area contributed by atoms with Gasteiger partial charge in [0.1, 0.15) is 5.54 Å². The summed E-state index contributed by atoms with van der Waals surface area (Å²) >= 11 is 0. The molecule has 1 atom stereocenters. The molecule has 1 heterocycles. The summed E-state index contributed by atoms with van der Waals surface area (Å²) in [6.45, 7) is 2.50. The lowest BCUT2D eigenvalue weighted by molar-refractivity contribution is -0.148. The summed E-state index contributed by atoms with van der Waals surface area (Å²) in [5, 5.41) is 13.2. The summed E-state index contributed by atoms with van der Waals surface area (Å²) < 4.78 is 38.2. The summed E-state index contributed by atoms with van der Waals surface area (Å²) in [7, 11) is 5.51. The molecule has 5 nitrogen and oxygen atoms in total. The summed E-state index contributed by atoms with van der Waals surface area (Å²) in [6, 6.07) is 5.67. The molecule has 0 aromatic heterocycles. The maximum absolute atomic E-state index is 12.7. The largest absolute Gasteiger partial charge is 0.480 e. The number of nitrogens with zero attached hydrogens (tertiary/aromatic N) is 1. The molecule has 176 valence electrons. The molecule has 1 saturated carbocycles. The third-order valence-electron chi connectivity index (χ3n) is 7.18. The molecule has 2 radical (unpaired) electrons. The number of rotatable bonds is 10. The van der Waals surface area contributed by atoms with Crippen molar-refractivity contribution in [2.24, 2.45) is 17.6 Å². The molecule has 32 heavy (non-hydrogen) atoms. The Kier molecular flexibility index (Phi) is 8.14. The van der Waals surface area contributed by atoms with Crippen LogP contribution in [0.15, 0.2) is 24.3 Å². The van der Waals surface area contributed by atoms with Crippen LogP contribution in [-0.2, 0) is 11.0 Å². The number of unbranched alkanes of at least 4 members (excludes halogenated alkanes) is 1. The Labute approximate surface area is 189 Å². The molecular formula is C23H33BF3N3O2. The smallest absolute Gasteiger partial charge is 0.416 e. The van der Waals surface area contributed by atoms with Crippen LogP contribution < -0.4 is 16.0 Å². The number of nitrogens with two attached hydrogens (primary N) is 1. The molecule has 2 fully saturated rings. The van der Waals surface area contributed by atoms with Crippen LogP contribution in [0.3, 0.4) is 0 Å². The highest BCUT2D eigenvalue weighted by Gasteiger charge is 2.48. The van der Waals surface area contributed by atoms with E-state index in [2.05, 4.69) is 10.2 Å². The lowest BCUT2D eigenvalue weighted by atomic mass is 9.66. The molecule has 0 amide bonds. The number of anilines is 1. The first-order chi connectivity index (χ1) is 15.1. The zero-order chi connectivity index (χ0) is 23.4. The second-order valence-electron chi connectivity index (χ2n) is 9.34. The van der Waals surface area contributed by atoms with Crippen molar-refractivity contribution in [3.05, 3.63) is 29.8 Å². The second kappa shape index (κ2) is 10.5. The molecular weight excluding hydrogens is 418 g/mol. The molecule has 1 aliphatic heterocycles. The van der Waals surface area contributed by atoms with E-state index in [0.29, 0.717) is 24.7 Å². The Morgan fingerprint density at radius 2 is 1.78 bits per heavy atom. The maximum Gasteiger partial charge on any atom is 0.416 e. The molecule has 3 rings (SSSR count). The van der Waals surface area contributed by atoms with E-state index in [0.717, 1.165) is 76.0 Å². The highest BCUT2D eigenvalue weighted by atomic mass is 19.4. The first kappa shape index (κ1) is 24.9. The van der Waals surface area contributed by atoms with Gasteiger partial charge in [-0.1, -0.05) is 19.2 Å². The van der Waals surface area contributed by atoms with Gasteiger partial charge in [-0.05, 0) is 74.8 Å². The van der Waals surface area contributed by atoms with E-state index in [1.54, 1.807) is 12.1 Å². The standard InChI is InChI=1S/C23H33BF3N3O2/c24-10-2-1-9-22(28,21(31)32)18-13-19(14-18)29-15-16-7-11-30(12-8-16)20-5-3-17(4-6-20)23(25,26)27/h3-6,16,18-19,29H,1-2,7-15,28H2,(H,31,32). The van der Waals surface area contributed by atoms with Gasteiger partial charge in [-0.3, -0.25) is 4.79 Å². The van der Waals surface area contributed by atoms with E-state index in [-0.39, 0.29) is 5.92 Å². The number of aliphatic carboxylic acids is 1. The minimum Gasteiger partial charge on any atom is -0.480 e. The first-order valence-electron chi connectivity index (χ1n) is 11.5. The van der Waals surface area contributed by atoms with Crippen LogP contribution in [0.25, 0.3) is 0 Å². The molecule has 1 aromatic rings. The van der Waals surface area contributed by atoms with Crippen molar-refractivity contribution in [2.45, 2.75) is 69.0 Å². The van der Waals surface area contributed by atoms with Crippen molar-refractivity contribution >= 4 is 19.5 Å². The van der Waals surface area contributed by atoms with Gasteiger partial charge < -0.3 is 21.1 Å². The predicted molar refractivity (Wildman–Crippen MR) is 120 cm³/mol. The molecule has 9 heteroatoms. The minimum atomic E-state index is -4.31. The van der Waals surface area contributed by atoms with E-state index in [9.17, 15) is 23.1 Å². The summed E-state index contributed by atoms with van der Waals surface area (Å²) in [5.41, 5.74) is 5.29. The Hall–Kier alpha value is -1.74. The van der Waals surface area contributed by atoms with Gasteiger partial charge in [-0.15, -0.1) is 0 Å². The number of halogens is 3. The molecule has 4 N–H and O–H groups in total. The van der Waals surface area contributed by atoms with Crippen LogP contribution in [0.5, 0.6) is 0 Å². The normalized spacial score (nSPS) is 24.1. The Bertz CT molecular complexity index is 748. The Morgan fingerprint density at radius 3 is 2.31 bits per heavy atom. The summed E-state index contributed by atoms with van der Waals surface area (Å²) in [4.78, 5) is 13.9. The van der Waals surface area contributed by atoms with Gasteiger partial charge in [0.15, 0.2) is 0 Å². The second-order valence-corrected chi connectivity index (χ2v) is 9.34. The molecule has 2 aliphatic rings. The fourth-order valence-corrected chi connectivity index (χ4v) is 4.84. The van der Waals surface area contributed by atoms with Gasteiger partial charge in [0, 0.05) is 24.8 Å². The molecule has 0 bridgehead atoms. The predicted octanol–water partition coefficient (Wildman–Crippen LogP) is 3.83. The first-order valence-corrected chi connectivity index (χ1v) is 11.5. The highest BCUT2D eigenvalue weighted by molar-refractivity contribution is 6.08. The van der Waals surface area contributed by atoms with Crippen molar-refractivity contribution in [1.29, 1.82) is 0 Å². The van der Waals surface area contributed by atoms with Gasteiger partial charge in [-0.2, -0.15) is 13.2 Å². The van der Waals surface area contributed by atoms with Gasteiger partial charge >= 0.3 is 12.1 Å². The average molecular weight is 451 g/mol. The number of piperidine rings is 1. The Balaban J connectivity index is 1.38. The SMILES string of the molecule is [B]CCCCC(N)(C(=O)O)C1CC(NCC2CCN(c3ccc(C(F)(F)F)cc3)CC2)C1. The van der Waals surface area contributed by atoms with Gasteiger partial charge in [0.2, 0.25) is 0 Å². The van der Waals surface area contributed by atoms with Gasteiger partial charge in [-0.25, -0.2) is 0 Å². The van der Waals surface area contributed by atoms with Crippen LogP contribution in [0.2, 0.25) is 6.32 Å². The topological polar surface area (TPSA) is 78.6 Å². The van der Waals surface area contributed by atoms with E-state index >= 15 is 0 Å². The van der Waals surface area contributed by atoms with Crippen LogP contribution in [0, 0.1) is 11.8 Å². The zero-order valence-electron chi connectivity index (χ0n) is 18.4. The van der Waals surface area contributed by atoms with E-state index in [1.165, 1.54) is 0 Å². The highest BCUT2D eigenvalue weighted by Crippen LogP contribution is 2.38. The third kappa shape index (κ3) is 5.98. The van der Waals surface area contributed by atoms with Gasteiger partial charge in [0.25, 0.3) is 0 Å². The van der Waals surface area contributed by atoms with Crippen molar-refractivity contribution in [1.82, 2.24) is 5.32 Å². The molecule has 1 aromatic carbocycles. The van der Waals surface area contributed by atoms with E-state index in [4.69, 9.17) is 13.6 Å². The van der Waals surface area contributed by atoms with Crippen molar-refractivity contribution in [2.75, 3.05) is 24.5 Å². The van der Waals surface area contributed by atoms with Crippen LogP contribution in [0.1, 0.15) is 50.5 Å². The number of alkyl halides is 3. The number of carboxylic acid groups (broad SMARTS) is 1. The molecule has 1 aliphatic carbocycles. The van der Waals surface area contributed by atoms with Crippen LogP contribution in [0.4, 0.5) is 18.9 Å². The number of carboxylic acids is 1.